The van der Waals surface area contributed by atoms with E-state index in [0.717, 1.165) is 11.1 Å². The van der Waals surface area contributed by atoms with Crippen molar-refractivity contribution in [2.45, 2.75) is 27.2 Å². The zero-order valence-electron chi connectivity index (χ0n) is 7.61. The Morgan fingerprint density at radius 1 is 1.36 bits per heavy atom. The summed E-state index contributed by atoms with van der Waals surface area (Å²) < 4.78 is 0. The molecular formula is C10H16O. The van der Waals surface area contributed by atoms with E-state index in [0.29, 0.717) is 6.42 Å². The van der Waals surface area contributed by atoms with Crippen LogP contribution in [0.25, 0.3) is 0 Å². The lowest BCUT2D eigenvalue weighted by Gasteiger charge is -2.05. The van der Waals surface area contributed by atoms with Crippen molar-refractivity contribution < 1.29 is 4.79 Å². The molecular weight excluding hydrogens is 136 g/mol. The van der Waals surface area contributed by atoms with E-state index in [-0.39, 0.29) is 11.7 Å². The van der Waals surface area contributed by atoms with E-state index in [1.54, 1.807) is 0 Å². The van der Waals surface area contributed by atoms with E-state index >= 15 is 0 Å². The van der Waals surface area contributed by atoms with Gasteiger partial charge in [-0.05, 0) is 12.5 Å². The van der Waals surface area contributed by atoms with Crippen molar-refractivity contribution in [3.8, 4) is 0 Å². The van der Waals surface area contributed by atoms with Gasteiger partial charge in [0.2, 0.25) is 0 Å². The molecule has 0 unspecified atom stereocenters. The van der Waals surface area contributed by atoms with Crippen LogP contribution in [0.1, 0.15) is 27.2 Å². The third-order valence-electron chi connectivity index (χ3n) is 1.64. The number of carbonyl (C=O) groups excluding carboxylic acids is 1. The standard InChI is InChI=1S/C10H16O/c1-7(2)9(5)6-10(11)8(3)4/h8H,1,5-6H2,2-4H3. The van der Waals surface area contributed by atoms with Gasteiger partial charge in [-0.3, -0.25) is 4.79 Å². The van der Waals surface area contributed by atoms with Gasteiger partial charge >= 0.3 is 0 Å². The highest BCUT2D eigenvalue weighted by Crippen LogP contribution is 2.12. The number of ketones is 1. The predicted octanol–water partition coefficient (Wildman–Crippen LogP) is 2.73. The molecule has 11 heavy (non-hydrogen) atoms. The molecule has 1 heteroatoms. The number of allylic oxidation sites excluding steroid dienone is 2. The van der Waals surface area contributed by atoms with Crippen LogP contribution in [-0.4, -0.2) is 5.78 Å². The molecule has 0 heterocycles. The molecule has 62 valence electrons. The van der Waals surface area contributed by atoms with Gasteiger partial charge in [0.05, 0.1) is 0 Å². The van der Waals surface area contributed by atoms with Crippen LogP contribution in [0, 0.1) is 5.92 Å². The van der Waals surface area contributed by atoms with E-state index in [4.69, 9.17) is 0 Å². The SMILES string of the molecule is C=C(C)C(=C)CC(=O)C(C)C. The molecule has 0 saturated heterocycles. The molecule has 0 aromatic carbocycles. The first kappa shape index (κ1) is 10.2. The zero-order valence-corrected chi connectivity index (χ0v) is 7.61. The molecule has 0 spiro atoms. The van der Waals surface area contributed by atoms with Crippen LogP contribution in [0.2, 0.25) is 0 Å². The quantitative estimate of drug-likeness (QED) is 0.566. The molecule has 0 aliphatic carbocycles. The number of rotatable bonds is 4. The second-order valence-electron chi connectivity index (χ2n) is 3.18. The minimum Gasteiger partial charge on any atom is -0.299 e. The lowest BCUT2D eigenvalue weighted by molar-refractivity contribution is -0.121. The topological polar surface area (TPSA) is 17.1 Å². The van der Waals surface area contributed by atoms with Gasteiger partial charge in [-0.15, -0.1) is 0 Å². The van der Waals surface area contributed by atoms with E-state index in [2.05, 4.69) is 13.2 Å². The molecule has 0 bridgehead atoms. The second-order valence-corrected chi connectivity index (χ2v) is 3.18. The first-order chi connectivity index (χ1) is 4.95. The summed E-state index contributed by atoms with van der Waals surface area (Å²) >= 11 is 0. The fourth-order valence-corrected chi connectivity index (χ4v) is 0.565. The first-order valence-corrected chi connectivity index (χ1v) is 3.81. The van der Waals surface area contributed by atoms with Gasteiger partial charge in [0.15, 0.2) is 0 Å². The maximum absolute atomic E-state index is 11.2. The summed E-state index contributed by atoms with van der Waals surface area (Å²) in [4.78, 5) is 11.2. The average molecular weight is 152 g/mol. The summed E-state index contributed by atoms with van der Waals surface area (Å²) in [5.74, 6) is 0.337. The number of hydrogen-bond donors (Lipinski definition) is 0. The minimum atomic E-state index is 0.103. The summed E-state index contributed by atoms with van der Waals surface area (Å²) in [6.07, 6.45) is 0.451. The van der Waals surface area contributed by atoms with Crippen LogP contribution in [-0.2, 0) is 4.79 Å². The number of carbonyl (C=O) groups is 1. The van der Waals surface area contributed by atoms with E-state index < -0.39 is 0 Å². The Kier molecular flexibility index (Phi) is 3.80. The van der Waals surface area contributed by atoms with Gasteiger partial charge < -0.3 is 0 Å². The van der Waals surface area contributed by atoms with Crippen LogP contribution >= 0.6 is 0 Å². The largest absolute Gasteiger partial charge is 0.299 e. The van der Waals surface area contributed by atoms with Gasteiger partial charge in [0.25, 0.3) is 0 Å². The molecule has 0 saturated carbocycles. The van der Waals surface area contributed by atoms with Gasteiger partial charge in [0.1, 0.15) is 5.78 Å². The molecule has 0 aliphatic rings. The highest BCUT2D eigenvalue weighted by atomic mass is 16.1. The van der Waals surface area contributed by atoms with Crippen LogP contribution in [0.5, 0.6) is 0 Å². The first-order valence-electron chi connectivity index (χ1n) is 3.81. The molecule has 0 radical (unpaired) electrons. The number of hydrogen-bond acceptors (Lipinski definition) is 1. The summed E-state index contributed by atoms with van der Waals surface area (Å²) in [6, 6.07) is 0. The van der Waals surface area contributed by atoms with Crippen molar-refractivity contribution in [1.29, 1.82) is 0 Å². The lowest BCUT2D eigenvalue weighted by atomic mass is 9.99. The molecule has 0 fully saturated rings. The zero-order chi connectivity index (χ0) is 9.02. The highest BCUT2D eigenvalue weighted by molar-refractivity contribution is 5.83. The normalized spacial score (nSPS) is 9.82. The van der Waals surface area contributed by atoms with Crippen molar-refractivity contribution in [3.63, 3.8) is 0 Å². The lowest BCUT2D eigenvalue weighted by Crippen LogP contribution is -2.07. The molecule has 0 aliphatic heterocycles. The minimum absolute atomic E-state index is 0.103. The Morgan fingerprint density at radius 3 is 2.09 bits per heavy atom. The third-order valence-corrected chi connectivity index (χ3v) is 1.64. The van der Waals surface area contributed by atoms with Crippen LogP contribution in [0.15, 0.2) is 24.3 Å². The molecule has 1 nitrogen and oxygen atoms in total. The Labute approximate surface area is 68.8 Å². The molecule has 0 N–H and O–H groups in total. The summed E-state index contributed by atoms with van der Waals surface area (Å²) in [6.45, 7) is 13.1. The summed E-state index contributed by atoms with van der Waals surface area (Å²) in [5, 5.41) is 0. The maximum atomic E-state index is 11.2. The monoisotopic (exact) mass is 152 g/mol. The molecule has 0 atom stereocenters. The Bertz CT molecular complexity index is 187. The van der Waals surface area contributed by atoms with Crippen LogP contribution in [0.3, 0.4) is 0 Å². The summed E-state index contributed by atoms with van der Waals surface area (Å²) in [5.41, 5.74) is 1.75. The van der Waals surface area contributed by atoms with Gasteiger partial charge in [-0.2, -0.15) is 0 Å². The van der Waals surface area contributed by atoms with Crippen molar-refractivity contribution in [1.82, 2.24) is 0 Å². The Morgan fingerprint density at radius 2 is 1.82 bits per heavy atom. The van der Waals surface area contributed by atoms with E-state index in [1.165, 1.54) is 0 Å². The number of Topliss-reactive ketones (excluding diaryl/α,β-unsaturated/α-hetero) is 1. The van der Waals surface area contributed by atoms with Gasteiger partial charge in [-0.25, -0.2) is 0 Å². The maximum Gasteiger partial charge on any atom is 0.139 e. The Balaban J connectivity index is 3.96. The molecule has 0 aromatic rings. The highest BCUT2D eigenvalue weighted by Gasteiger charge is 2.08. The second kappa shape index (κ2) is 4.12. The van der Waals surface area contributed by atoms with E-state index in [9.17, 15) is 4.79 Å². The van der Waals surface area contributed by atoms with Crippen molar-refractivity contribution in [2.24, 2.45) is 5.92 Å². The van der Waals surface area contributed by atoms with Gasteiger partial charge in [0, 0.05) is 12.3 Å². The average Bonchev–Trinajstić information content (AvgIpc) is 1.87. The Hall–Kier alpha value is -0.850. The third kappa shape index (κ3) is 3.76. The van der Waals surface area contributed by atoms with Crippen LogP contribution < -0.4 is 0 Å². The van der Waals surface area contributed by atoms with Gasteiger partial charge in [-0.1, -0.05) is 32.6 Å². The fourth-order valence-electron chi connectivity index (χ4n) is 0.565. The molecule has 0 rings (SSSR count). The summed E-state index contributed by atoms with van der Waals surface area (Å²) in [7, 11) is 0. The smallest absolute Gasteiger partial charge is 0.139 e. The van der Waals surface area contributed by atoms with E-state index in [1.807, 2.05) is 20.8 Å². The molecule has 0 amide bonds. The molecule has 0 aromatic heterocycles. The van der Waals surface area contributed by atoms with Crippen molar-refractivity contribution in [2.75, 3.05) is 0 Å². The van der Waals surface area contributed by atoms with Crippen molar-refractivity contribution in [3.05, 3.63) is 24.3 Å². The predicted molar refractivity (Wildman–Crippen MR) is 48.4 cm³/mol. The fraction of sp³-hybridized carbons (Fsp3) is 0.500. The van der Waals surface area contributed by atoms with Crippen molar-refractivity contribution >= 4 is 5.78 Å². The van der Waals surface area contributed by atoms with Crippen LogP contribution in [0.4, 0.5) is 0 Å².